The number of benzene rings is 1. The standard InChI is InChI=1S/C16H20OS/c1-9-6-10(2)15(11(3)7-9)16(17)14-8-12(4)18-13(14)5/h6-8,16-17H,1-5H3. The van der Waals surface area contributed by atoms with E-state index in [4.69, 9.17) is 0 Å². The Labute approximate surface area is 113 Å². The maximum absolute atomic E-state index is 10.6. The van der Waals surface area contributed by atoms with Gasteiger partial charge < -0.3 is 5.11 Å². The van der Waals surface area contributed by atoms with Crippen LogP contribution in [-0.2, 0) is 0 Å². The largest absolute Gasteiger partial charge is 0.384 e. The average Bonchev–Trinajstić information content (AvgIpc) is 2.56. The molecule has 1 unspecified atom stereocenters. The fourth-order valence-electron chi connectivity index (χ4n) is 2.70. The molecule has 0 aliphatic heterocycles. The number of aliphatic hydroxyl groups is 1. The van der Waals surface area contributed by atoms with E-state index in [1.807, 2.05) is 0 Å². The van der Waals surface area contributed by atoms with E-state index in [9.17, 15) is 5.11 Å². The highest BCUT2D eigenvalue weighted by Crippen LogP contribution is 2.33. The zero-order valence-corrected chi connectivity index (χ0v) is 12.5. The smallest absolute Gasteiger partial charge is 0.106 e. The van der Waals surface area contributed by atoms with Crippen LogP contribution in [0.1, 0.15) is 43.7 Å². The van der Waals surface area contributed by atoms with Gasteiger partial charge in [0.1, 0.15) is 6.10 Å². The maximum Gasteiger partial charge on any atom is 0.106 e. The van der Waals surface area contributed by atoms with Gasteiger partial charge in [0.25, 0.3) is 0 Å². The lowest BCUT2D eigenvalue weighted by atomic mass is 9.92. The minimum absolute atomic E-state index is 0.504. The van der Waals surface area contributed by atoms with Crippen LogP contribution in [0.2, 0.25) is 0 Å². The van der Waals surface area contributed by atoms with E-state index in [0.717, 1.165) is 11.1 Å². The molecule has 2 rings (SSSR count). The van der Waals surface area contributed by atoms with Crippen molar-refractivity contribution in [2.24, 2.45) is 0 Å². The number of aliphatic hydroxyl groups excluding tert-OH is 1. The molecular formula is C16H20OS. The Bertz CT molecular complexity index is 558. The summed E-state index contributed by atoms with van der Waals surface area (Å²) in [5, 5.41) is 10.6. The molecule has 1 aromatic carbocycles. The van der Waals surface area contributed by atoms with Crippen LogP contribution in [0, 0.1) is 34.6 Å². The summed E-state index contributed by atoms with van der Waals surface area (Å²) < 4.78 is 0. The molecule has 0 saturated carbocycles. The zero-order valence-electron chi connectivity index (χ0n) is 11.7. The number of hydrogen-bond donors (Lipinski definition) is 1. The quantitative estimate of drug-likeness (QED) is 0.850. The summed E-state index contributed by atoms with van der Waals surface area (Å²) >= 11 is 1.75. The van der Waals surface area contributed by atoms with Gasteiger partial charge in [0.15, 0.2) is 0 Å². The van der Waals surface area contributed by atoms with Gasteiger partial charge in [0, 0.05) is 9.75 Å². The molecule has 18 heavy (non-hydrogen) atoms. The van der Waals surface area contributed by atoms with Gasteiger partial charge in [0.05, 0.1) is 0 Å². The molecule has 0 saturated heterocycles. The molecule has 1 aromatic heterocycles. The Kier molecular flexibility index (Phi) is 3.60. The van der Waals surface area contributed by atoms with Crippen molar-refractivity contribution >= 4 is 11.3 Å². The SMILES string of the molecule is Cc1cc(C)c(C(O)c2cc(C)sc2C)c(C)c1. The highest BCUT2D eigenvalue weighted by molar-refractivity contribution is 7.12. The predicted octanol–water partition coefficient (Wildman–Crippen LogP) is 4.37. The van der Waals surface area contributed by atoms with Crippen LogP contribution in [-0.4, -0.2) is 5.11 Å². The third-order valence-electron chi connectivity index (χ3n) is 3.39. The Morgan fingerprint density at radius 1 is 0.944 bits per heavy atom. The molecule has 1 atom stereocenters. The van der Waals surface area contributed by atoms with Gasteiger partial charge in [-0.15, -0.1) is 11.3 Å². The van der Waals surface area contributed by atoms with Gasteiger partial charge in [-0.3, -0.25) is 0 Å². The lowest BCUT2D eigenvalue weighted by Gasteiger charge is -2.17. The summed E-state index contributed by atoms with van der Waals surface area (Å²) in [6.45, 7) is 10.4. The number of thiophene rings is 1. The van der Waals surface area contributed by atoms with Crippen molar-refractivity contribution in [1.82, 2.24) is 0 Å². The van der Waals surface area contributed by atoms with Gasteiger partial charge in [0.2, 0.25) is 0 Å². The van der Waals surface area contributed by atoms with Crippen molar-refractivity contribution in [3.05, 3.63) is 55.8 Å². The van der Waals surface area contributed by atoms with Gasteiger partial charge >= 0.3 is 0 Å². The Hall–Kier alpha value is -1.12. The summed E-state index contributed by atoms with van der Waals surface area (Å²) in [4.78, 5) is 2.46. The van der Waals surface area contributed by atoms with Gasteiger partial charge in [-0.1, -0.05) is 17.7 Å². The fourth-order valence-corrected chi connectivity index (χ4v) is 3.66. The molecule has 0 fully saturated rings. The van der Waals surface area contributed by atoms with E-state index in [-0.39, 0.29) is 0 Å². The van der Waals surface area contributed by atoms with E-state index < -0.39 is 6.10 Å². The summed E-state index contributed by atoms with van der Waals surface area (Å²) in [6.07, 6.45) is -0.504. The monoisotopic (exact) mass is 260 g/mol. The van der Waals surface area contributed by atoms with Crippen LogP contribution in [0.15, 0.2) is 18.2 Å². The van der Waals surface area contributed by atoms with Crippen molar-refractivity contribution in [3.63, 3.8) is 0 Å². The van der Waals surface area contributed by atoms with Crippen LogP contribution in [0.4, 0.5) is 0 Å². The molecule has 2 aromatic rings. The lowest BCUT2D eigenvalue weighted by molar-refractivity contribution is 0.218. The molecule has 1 N–H and O–H groups in total. The van der Waals surface area contributed by atoms with E-state index >= 15 is 0 Å². The first-order valence-electron chi connectivity index (χ1n) is 6.23. The van der Waals surface area contributed by atoms with Gasteiger partial charge in [-0.25, -0.2) is 0 Å². The van der Waals surface area contributed by atoms with E-state index in [0.29, 0.717) is 0 Å². The number of rotatable bonds is 2. The molecule has 0 bridgehead atoms. The Morgan fingerprint density at radius 2 is 1.50 bits per heavy atom. The van der Waals surface area contributed by atoms with Gasteiger partial charge in [-0.05, 0) is 62.9 Å². The highest BCUT2D eigenvalue weighted by atomic mass is 32.1. The summed E-state index contributed by atoms with van der Waals surface area (Å²) in [5.41, 5.74) is 5.69. The maximum atomic E-state index is 10.6. The van der Waals surface area contributed by atoms with Crippen molar-refractivity contribution in [1.29, 1.82) is 0 Å². The van der Waals surface area contributed by atoms with Crippen LogP contribution in [0.5, 0.6) is 0 Å². The molecule has 1 nitrogen and oxygen atoms in total. The molecule has 0 aliphatic carbocycles. The molecule has 0 amide bonds. The Balaban J connectivity index is 2.52. The average molecular weight is 260 g/mol. The second-order valence-electron chi connectivity index (χ2n) is 5.08. The van der Waals surface area contributed by atoms with Crippen molar-refractivity contribution in [2.75, 3.05) is 0 Å². The zero-order chi connectivity index (χ0) is 13.4. The highest BCUT2D eigenvalue weighted by Gasteiger charge is 2.19. The van der Waals surface area contributed by atoms with Crippen LogP contribution in [0.25, 0.3) is 0 Å². The summed E-state index contributed by atoms with van der Waals surface area (Å²) in [7, 11) is 0. The minimum atomic E-state index is -0.504. The summed E-state index contributed by atoms with van der Waals surface area (Å²) in [5.74, 6) is 0. The number of hydrogen-bond acceptors (Lipinski definition) is 2. The molecule has 96 valence electrons. The summed E-state index contributed by atoms with van der Waals surface area (Å²) in [6, 6.07) is 6.38. The van der Waals surface area contributed by atoms with E-state index in [1.165, 1.54) is 26.4 Å². The first-order valence-corrected chi connectivity index (χ1v) is 7.04. The molecule has 1 heterocycles. The predicted molar refractivity (Wildman–Crippen MR) is 78.5 cm³/mol. The first kappa shape index (κ1) is 13.3. The number of aryl methyl sites for hydroxylation is 5. The third kappa shape index (κ3) is 2.36. The topological polar surface area (TPSA) is 20.2 Å². The minimum Gasteiger partial charge on any atom is -0.384 e. The van der Waals surface area contributed by atoms with Gasteiger partial charge in [-0.2, -0.15) is 0 Å². The Morgan fingerprint density at radius 3 is 1.94 bits per heavy atom. The van der Waals surface area contributed by atoms with Crippen LogP contribution in [0.3, 0.4) is 0 Å². The second kappa shape index (κ2) is 4.87. The van der Waals surface area contributed by atoms with E-state index in [2.05, 4.69) is 52.8 Å². The second-order valence-corrected chi connectivity index (χ2v) is 6.54. The van der Waals surface area contributed by atoms with E-state index in [1.54, 1.807) is 11.3 Å². The van der Waals surface area contributed by atoms with Crippen LogP contribution < -0.4 is 0 Å². The molecular weight excluding hydrogens is 240 g/mol. The molecule has 2 heteroatoms. The van der Waals surface area contributed by atoms with Crippen molar-refractivity contribution in [2.45, 2.75) is 40.7 Å². The fraction of sp³-hybridized carbons (Fsp3) is 0.375. The lowest BCUT2D eigenvalue weighted by Crippen LogP contribution is -2.05. The normalized spacial score (nSPS) is 12.8. The molecule has 0 radical (unpaired) electrons. The van der Waals surface area contributed by atoms with Crippen molar-refractivity contribution in [3.8, 4) is 0 Å². The molecule has 0 aliphatic rings. The van der Waals surface area contributed by atoms with Crippen LogP contribution >= 0.6 is 11.3 Å². The third-order valence-corrected chi connectivity index (χ3v) is 4.37. The van der Waals surface area contributed by atoms with Crippen molar-refractivity contribution < 1.29 is 5.11 Å². The molecule has 0 spiro atoms. The first-order chi connectivity index (χ1) is 8.40.